The highest BCUT2D eigenvalue weighted by molar-refractivity contribution is 5.57. The summed E-state index contributed by atoms with van der Waals surface area (Å²) in [5.74, 6) is 2.66. The average Bonchev–Trinajstić information content (AvgIpc) is 2.84. The number of anilines is 3. The Morgan fingerprint density at radius 1 is 1.10 bits per heavy atom. The van der Waals surface area contributed by atoms with Gasteiger partial charge in [-0.15, -0.1) is 0 Å². The Morgan fingerprint density at radius 3 is 2.60 bits per heavy atom. The Labute approximate surface area is 118 Å². The van der Waals surface area contributed by atoms with E-state index in [1.54, 1.807) is 0 Å². The number of nitrogens with zero attached hydrogens (tertiary/aromatic N) is 3. The summed E-state index contributed by atoms with van der Waals surface area (Å²) in [4.78, 5) is 7.00. The second-order valence-electron chi connectivity index (χ2n) is 5.19. The van der Waals surface area contributed by atoms with Crippen LogP contribution in [0.2, 0.25) is 0 Å². The summed E-state index contributed by atoms with van der Waals surface area (Å²) in [5.41, 5.74) is 2.23. The highest BCUT2D eigenvalue weighted by Gasteiger charge is 2.13. The zero-order chi connectivity index (χ0) is 13.9. The van der Waals surface area contributed by atoms with Gasteiger partial charge in [0.2, 0.25) is 0 Å². The fourth-order valence-electron chi connectivity index (χ4n) is 2.38. The molecule has 0 spiro atoms. The molecule has 0 saturated carbocycles. The van der Waals surface area contributed by atoms with Crippen LogP contribution in [0.1, 0.15) is 11.3 Å². The van der Waals surface area contributed by atoms with Crippen molar-refractivity contribution < 1.29 is 0 Å². The van der Waals surface area contributed by atoms with Crippen LogP contribution in [0.5, 0.6) is 0 Å². The van der Waals surface area contributed by atoms with E-state index in [0.717, 1.165) is 49.3 Å². The Morgan fingerprint density at radius 2 is 1.90 bits per heavy atom. The molecule has 3 heterocycles. The SMILES string of the molecule is Cc1cc(Nc2cc(C)[nH]n2)nc(N2CCNCC2)c1. The van der Waals surface area contributed by atoms with Gasteiger partial charge in [-0.05, 0) is 31.5 Å². The lowest BCUT2D eigenvalue weighted by Crippen LogP contribution is -2.43. The molecule has 3 N–H and O–H groups in total. The first-order valence-electron chi connectivity index (χ1n) is 6.94. The normalized spacial score (nSPS) is 15.4. The molecule has 106 valence electrons. The maximum atomic E-state index is 4.69. The Bertz CT molecular complexity index is 585. The lowest BCUT2D eigenvalue weighted by Gasteiger charge is -2.28. The second-order valence-corrected chi connectivity index (χ2v) is 5.19. The number of aromatic nitrogens is 3. The van der Waals surface area contributed by atoms with Gasteiger partial charge < -0.3 is 15.5 Å². The van der Waals surface area contributed by atoms with Crippen molar-refractivity contribution in [2.75, 3.05) is 36.4 Å². The van der Waals surface area contributed by atoms with Crippen LogP contribution in [0.15, 0.2) is 18.2 Å². The van der Waals surface area contributed by atoms with E-state index in [0.29, 0.717) is 0 Å². The Hall–Kier alpha value is -2.08. The Balaban J connectivity index is 1.82. The van der Waals surface area contributed by atoms with Gasteiger partial charge >= 0.3 is 0 Å². The molecule has 2 aromatic rings. The number of rotatable bonds is 3. The molecule has 6 nitrogen and oxygen atoms in total. The summed E-state index contributed by atoms with van der Waals surface area (Å²) < 4.78 is 0. The summed E-state index contributed by atoms with van der Waals surface area (Å²) in [6, 6.07) is 6.14. The van der Waals surface area contributed by atoms with Gasteiger partial charge in [0.1, 0.15) is 11.6 Å². The first-order valence-corrected chi connectivity index (χ1v) is 6.94. The van der Waals surface area contributed by atoms with E-state index < -0.39 is 0 Å². The quantitative estimate of drug-likeness (QED) is 0.791. The average molecular weight is 272 g/mol. The van der Waals surface area contributed by atoms with E-state index in [2.05, 4.69) is 38.7 Å². The molecule has 1 aliphatic rings. The second kappa shape index (κ2) is 5.50. The first kappa shape index (κ1) is 12.9. The van der Waals surface area contributed by atoms with Crippen molar-refractivity contribution in [3.63, 3.8) is 0 Å². The van der Waals surface area contributed by atoms with E-state index in [1.165, 1.54) is 5.56 Å². The summed E-state index contributed by atoms with van der Waals surface area (Å²) in [6.07, 6.45) is 0. The number of hydrogen-bond acceptors (Lipinski definition) is 5. The number of aryl methyl sites for hydroxylation is 2. The molecule has 1 fully saturated rings. The topological polar surface area (TPSA) is 68.9 Å². The number of piperazine rings is 1. The van der Waals surface area contributed by atoms with Gasteiger partial charge in [0.15, 0.2) is 5.82 Å². The van der Waals surface area contributed by atoms with Crippen molar-refractivity contribution in [1.82, 2.24) is 20.5 Å². The molecule has 20 heavy (non-hydrogen) atoms. The van der Waals surface area contributed by atoms with Crippen LogP contribution in [-0.2, 0) is 0 Å². The maximum absolute atomic E-state index is 4.69. The lowest BCUT2D eigenvalue weighted by atomic mass is 10.2. The van der Waals surface area contributed by atoms with Crippen molar-refractivity contribution in [3.05, 3.63) is 29.5 Å². The van der Waals surface area contributed by atoms with Crippen molar-refractivity contribution in [1.29, 1.82) is 0 Å². The number of H-pyrrole nitrogens is 1. The predicted molar refractivity (Wildman–Crippen MR) is 80.7 cm³/mol. The fourth-order valence-corrected chi connectivity index (χ4v) is 2.38. The van der Waals surface area contributed by atoms with E-state index in [-0.39, 0.29) is 0 Å². The zero-order valence-corrected chi connectivity index (χ0v) is 11.9. The van der Waals surface area contributed by atoms with E-state index in [4.69, 9.17) is 4.98 Å². The van der Waals surface area contributed by atoms with Crippen LogP contribution in [0.25, 0.3) is 0 Å². The highest BCUT2D eigenvalue weighted by atomic mass is 15.3. The van der Waals surface area contributed by atoms with E-state index in [1.807, 2.05) is 19.1 Å². The molecule has 6 heteroatoms. The lowest BCUT2D eigenvalue weighted by molar-refractivity contribution is 0.585. The standard InChI is InChI=1S/C14H20N6/c1-10-7-12(16-13-9-11(2)18-19-13)17-14(8-10)20-5-3-15-4-6-20/h7-9,15H,3-6H2,1-2H3,(H2,16,17,18,19). The summed E-state index contributed by atoms with van der Waals surface area (Å²) in [5, 5.41) is 13.7. The van der Waals surface area contributed by atoms with Crippen LogP contribution < -0.4 is 15.5 Å². The van der Waals surface area contributed by atoms with Gasteiger partial charge in [-0.25, -0.2) is 4.98 Å². The molecular weight excluding hydrogens is 252 g/mol. The summed E-state index contributed by atoms with van der Waals surface area (Å²) in [6.45, 7) is 8.09. The monoisotopic (exact) mass is 272 g/mol. The predicted octanol–water partition coefficient (Wildman–Crippen LogP) is 1.57. The third-order valence-corrected chi connectivity index (χ3v) is 3.36. The van der Waals surface area contributed by atoms with Gasteiger partial charge in [0.05, 0.1) is 0 Å². The molecule has 0 amide bonds. The van der Waals surface area contributed by atoms with Crippen LogP contribution in [0.4, 0.5) is 17.5 Å². The number of pyridine rings is 1. The fraction of sp³-hybridized carbons (Fsp3) is 0.429. The maximum Gasteiger partial charge on any atom is 0.153 e. The van der Waals surface area contributed by atoms with Crippen LogP contribution in [0.3, 0.4) is 0 Å². The van der Waals surface area contributed by atoms with E-state index >= 15 is 0 Å². The van der Waals surface area contributed by atoms with Crippen molar-refractivity contribution >= 4 is 17.5 Å². The molecule has 2 aromatic heterocycles. The van der Waals surface area contributed by atoms with Crippen LogP contribution in [-0.4, -0.2) is 41.4 Å². The molecule has 0 aromatic carbocycles. The molecule has 1 saturated heterocycles. The van der Waals surface area contributed by atoms with Crippen molar-refractivity contribution in [2.24, 2.45) is 0 Å². The van der Waals surface area contributed by atoms with Gasteiger partial charge in [0.25, 0.3) is 0 Å². The molecule has 0 bridgehead atoms. The number of nitrogens with one attached hydrogen (secondary N) is 3. The van der Waals surface area contributed by atoms with Gasteiger partial charge in [0, 0.05) is 37.9 Å². The summed E-state index contributed by atoms with van der Waals surface area (Å²) in [7, 11) is 0. The zero-order valence-electron chi connectivity index (χ0n) is 11.9. The smallest absolute Gasteiger partial charge is 0.153 e. The Kier molecular flexibility index (Phi) is 3.56. The molecule has 3 rings (SSSR count). The molecule has 0 unspecified atom stereocenters. The molecule has 0 atom stereocenters. The minimum Gasteiger partial charge on any atom is -0.354 e. The van der Waals surface area contributed by atoms with Crippen LogP contribution >= 0.6 is 0 Å². The molecule has 0 aliphatic carbocycles. The summed E-state index contributed by atoms with van der Waals surface area (Å²) >= 11 is 0. The molecule has 0 radical (unpaired) electrons. The van der Waals surface area contributed by atoms with Crippen LogP contribution in [0, 0.1) is 13.8 Å². The van der Waals surface area contributed by atoms with Gasteiger partial charge in [-0.1, -0.05) is 0 Å². The van der Waals surface area contributed by atoms with Gasteiger partial charge in [-0.3, -0.25) is 5.10 Å². The minimum absolute atomic E-state index is 0.798. The van der Waals surface area contributed by atoms with Crippen molar-refractivity contribution in [2.45, 2.75) is 13.8 Å². The molecular formula is C14H20N6. The number of hydrogen-bond donors (Lipinski definition) is 3. The minimum atomic E-state index is 0.798. The molecule has 1 aliphatic heterocycles. The van der Waals surface area contributed by atoms with E-state index in [9.17, 15) is 0 Å². The highest BCUT2D eigenvalue weighted by Crippen LogP contribution is 2.20. The first-order chi connectivity index (χ1) is 9.70. The van der Waals surface area contributed by atoms with Crippen molar-refractivity contribution in [3.8, 4) is 0 Å². The third-order valence-electron chi connectivity index (χ3n) is 3.36. The van der Waals surface area contributed by atoms with Gasteiger partial charge in [-0.2, -0.15) is 5.10 Å². The number of aromatic amines is 1. The third kappa shape index (κ3) is 2.91. The largest absolute Gasteiger partial charge is 0.354 e.